The van der Waals surface area contributed by atoms with Gasteiger partial charge in [-0.25, -0.2) is 15.0 Å². The maximum Gasteiger partial charge on any atom is 0.166 e. The second-order valence-corrected chi connectivity index (χ2v) is 18.3. The quantitative estimate of drug-likeness (QED) is 0.167. The monoisotopic (exact) mass is 905 g/mol. The van der Waals surface area contributed by atoms with Gasteiger partial charge in [0.15, 0.2) is 17.5 Å². The van der Waals surface area contributed by atoms with Gasteiger partial charge in [-0.05, 0) is 106 Å². The first kappa shape index (κ1) is 39.4. The Hall–Kier alpha value is -9.65. The summed E-state index contributed by atoms with van der Waals surface area (Å²) in [5.74, 6) is 1.72. The zero-order chi connectivity index (χ0) is 46.6. The van der Waals surface area contributed by atoms with Crippen molar-refractivity contribution in [2.75, 3.05) is 0 Å². The van der Waals surface area contributed by atoms with Crippen molar-refractivity contribution >= 4 is 87.1 Å². The van der Waals surface area contributed by atoms with E-state index < -0.39 is 0 Å². The van der Waals surface area contributed by atoms with E-state index in [9.17, 15) is 0 Å². The summed E-state index contributed by atoms with van der Waals surface area (Å²) in [4.78, 5) is 16.5. The average molecular weight is 906 g/mol. The Morgan fingerprint density at radius 3 is 1.66 bits per heavy atom. The van der Waals surface area contributed by atoms with Crippen molar-refractivity contribution < 1.29 is 4.42 Å². The van der Waals surface area contributed by atoms with Crippen LogP contribution in [0.25, 0.3) is 144 Å². The molecule has 0 radical (unpaired) electrons. The second kappa shape index (κ2) is 15.4. The molecule has 0 aliphatic heterocycles. The van der Waals surface area contributed by atoms with Gasteiger partial charge in [0.05, 0.1) is 33.1 Å². The molecule has 0 saturated heterocycles. The minimum absolute atomic E-state index is 0.556. The molecule has 0 amide bonds. The van der Waals surface area contributed by atoms with E-state index in [1.165, 1.54) is 10.8 Å². The summed E-state index contributed by atoms with van der Waals surface area (Å²) in [7, 11) is 0. The highest BCUT2D eigenvalue weighted by Crippen LogP contribution is 2.45. The van der Waals surface area contributed by atoms with Crippen molar-refractivity contribution in [3.8, 4) is 56.7 Å². The molecule has 0 atom stereocenters. The molecule has 0 aliphatic carbocycles. The number of hydrogen-bond acceptors (Lipinski definition) is 4. The molecule has 0 unspecified atom stereocenters. The number of hydrogen-bond donors (Lipinski definition) is 0. The molecule has 4 heterocycles. The normalized spacial score (nSPS) is 11.9. The van der Waals surface area contributed by atoms with Gasteiger partial charge >= 0.3 is 0 Å². The first-order valence-electron chi connectivity index (χ1n) is 24.0. The Bertz CT molecular complexity index is 4640. The predicted molar refractivity (Wildman–Crippen MR) is 293 cm³/mol. The van der Waals surface area contributed by atoms with Crippen LogP contribution in [0.15, 0.2) is 241 Å². The fourth-order valence-corrected chi connectivity index (χ4v) is 11.1. The summed E-state index contributed by atoms with van der Waals surface area (Å²) in [5.41, 5.74) is 12.9. The predicted octanol–water partition coefficient (Wildman–Crippen LogP) is 16.9. The molecular formula is C65H39N5O. The Balaban J connectivity index is 1.05. The van der Waals surface area contributed by atoms with Gasteiger partial charge in [-0.15, -0.1) is 0 Å². The molecular weight excluding hydrogens is 867 g/mol. The number of benzene rings is 11. The maximum atomic E-state index is 6.97. The second-order valence-electron chi connectivity index (χ2n) is 18.3. The van der Waals surface area contributed by atoms with Crippen LogP contribution in [0.2, 0.25) is 0 Å². The highest BCUT2D eigenvalue weighted by molar-refractivity contribution is 6.21. The average Bonchev–Trinajstić information content (AvgIpc) is 4.10. The largest absolute Gasteiger partial charge is 0.455 e. The van der Waals surface area contributed by atoms with E-state index in [1.807, 2.05) is 6.07 Å². The standard InChI is InChI=1S/C65H39N5O/c1-3-16-40(17-4-1)42-21-15-22-45(36-42)63-66-64(46-31-34-57-53(38-46)49-26-11-13-28-55(49)69(57)47-23-5-2-6-24-47)68-65(67-63)52-33-35-59-60(51-32-30-41-18-9-10-25-48(41)62(51)71-59)61(52)70-56-29-14-12-27-50(56)54-37-43-19-7-8-20-44(43)39-58(54)70/h1-39H. The van der Waals surface area contributed by atoms with Gasteiger partial charge in [-0.3, -0.25) is 0 Å². The molecule has 0 saturated carbocycles. The lowest BCUT2D eigenvalue weighted by Crippen LogP contribution is -2.04. The van der Waals surface area contributed by atoms with E-state index in [4.69, 9.17) is 19.4 Å². The van der Waals surface area contributed by atoms with Crippen molar-refractivity contribution in [2.24, 2.45) is 0 Å². The van der Waals surface area contributed by atoms with E-state index in [2.05, 4.69) is 240 Å². The van der Waals surface area contributed by atoms with Gasteiger partial charge in [-0.1, -0.05) is 158 Å². The van der Waals surface area contributed by atoms with Crippen molar-refractivity contribution in [1.29, 1.82) is 0 Å². The molecule has 15 rings (SSSR count). The summed E-state index contributed by atoms with van der Waals surface area (Å²) in [5, 5.41) is 11.1. The molecule has 71 heavy (non-hydrogen) atoms. The van der Waals surface area contributed by atoms with Crippen LogP contribution in [-0.2, 0) is 0 Å². The van der Waals surface area contributed by atoms with Crippen LogP contribution in [0.4, 0.5) is 0 Å². The molecule has 6 heteroatoms. The molecule has 0 spiro atoms. The van der Waals surface area contributed by atoms with Crippen molar-refractivity contribution in [2.45, 2.75) is 0 Å². The Morgan fingerprint density at radius 1 is 0.310 bits per heavy atom. The summed E-state index contributed by atoms with van der Waals surface area (Å²) < 4.78 is 11.7. The third-order valence-corrected chi connectivity index (χ3v) is 14.3. The lowest BCUT2D eigenvalue weighted by Gasteiger charge is -2.16. The molecule has 330 valence electrons. The van der Waals surface area contributed by atoms with Gasteiger partial charge in [0.25, 0.3) is 0 Å². The summed E-state index contributed by atoms with van der Waals surface area (Å²) in [6, 6.07) is 83.8. The molecule has 0 fully saturated rings. The summed E-state index contributed by atoms with van der Waals surface area (Å²) in [6.45, 7) is 0. The fraction of sp³-hybridized carbons (Fsp3) is 0. The highest BCUT2D eigenvalue weighted by atomic mass is 16.3. The molecule has 15 aromatic rings. The minimum Gasteiger partial charge on any atom is -0.455 e. The molecule has 0 bridgehead atoms. The van der Waals surface area contributed by atoms with Crippen LogP contribution in [-0.4, -0.2) is 24.1 Å². The van der Waals surface area contributed by atoms with Crippen LogP contribution in [0.3, 0.4) is 0 Å². The van der Waals surface area contributed by atoms with Crippen LogP contribution in [0.5, 0.6) is 0 Å². The van der Waals surface area contributed by atoms with Crippen LogP contribution >= 0.6 is 0 Å². The Kier molecular flexibility index (Phi) is 8.56. The van der Waals surface area contributed by atoms with Gasteiger partial charge in [0.1, 0.15) is 11.2 Å². The molecule has 0 aliphatic rings. The SMILES string of the molecule is c1ccc(-c2cccc(-c3nc(-c4ccc5c(c4)c4ccccc4n5-c4ccccc4)nc(-c4ccc5oc6c7ccccc7ccc6c5c4-n4c5ccccc5c5cc6ccccc6cc54)n3)c2)cc1. The third kappa shape index (κ3) is 6.11. The minimum atomic E-state index is 0.556. The summed E-state index contributed by atoms with van der Waals surface area (Å²) in [6.07, 6.45) is 0. The van der Waals surface area contributed by atoms with E-state index >= 15 is 0 Å². The van der Waals surface area contributed by atoms with Crippen molar-refractivity contribution in [3.63, 3.8) is 0 Å². The van der Waals surface area contributed by atoms with Crippen LogP contribution in [0.1, 0.15) is 0 Å². The van der Waals surface area contributed by atoms with Gasteiger partial charge in [0.2, 0.25) is 0 Å². The maximum absolute atomic E-state index is 6.97. The molecule has 6 nitrogen and oxygen atoms in total. The molecule has 4 aromatic heterocycles. The van der Waals surface area contributed by atoms with Crippen molar-refractivity contribution in [3.05, 3.63) is 237 Å². The van der Waals surface area contributed by atoms with Crippen LogP contribution in [0, 0.1) is 0 Å². The fourth-order valence-electron chi connectivity index (χ4n) is 11.1. The van der Waals surface area contributed by atoms with Gasteiger partial charge in [0, 0.05) is 54.7 Å². The van der Waals surface area contributed by atoms with Gasteiger partial charge in [-0.2, -0.15) is 0 Å². The van der Waals surface area contributed by atoms with E-state index in [1.54, 1.807) is 0 Å². The zero-order valence-electron chi connectivity index (χ0n) is 38.2. The Labute approximate surface area is 407 Å². The lowest BCUT2D eigenvalue weighted by atomic mass is 10.0. The molecule has 0 N–H and O–H groups in total. The number of nitrogens with zero attached hydrogens (tertiary/aromatic N) is 5. The van der Waals surface area contributed by atoms with E-state index in [0.29, 0.717) is 17.5 Å². The van der Waals surface area contributed by atoms with E-state index in [-0.39, 0.29) is 0 Å². The third-order valence-electron chi connectivity index (χ3n) is 14.3. The van der Waals surface area contributed by atoms with Gasteiger partial charge < -0.3 is 13.6 Å². The first-order valence-corrected chi connectivity index (χ1v) is 24.0. The Morgan fingerprint density at radius 2 is 0.887 bits per heavy atom. The first-order chi connectivity index (χ1) is 35.2. The lowest BCUT2D eigenvalue weighted by molar-refractivity contribution is 0.672. The number of para-hydroxylation sites is 3. The summed E-state index contributed by atoms with van der Waals surface area (Å²) >= 11 is 0. The number of aromatic nitrogens is 5. The number of furan rings is 1. The van der Waals surface area contributed by atoms with Crippen LogP contribution < -0.4 is 0 Å². The zero-order valence-corrected chi connectivity index (χ0v) is 38.2. The smallest absolute Gasteiger partial charge is 0.166 e. The number of fused-ring (bicyclic) bond motifs is 12. The van der Waals surface area contributed by atoms with Crippen molar-refractivity contribution in [1.82, 2.24) is 24.1 Å². The highest BCUT2D eigenvalue weighted by Gasteiger charge is 2.26. The molecule has 11 aromatic carbocycles. The van der Waals surface area contributed by atoms with E-state index in [0.717, 1.165) is 116 Å². The number of rotatable bonds is 6. The topological polar surface area (TPSA) is 61.7 Å².